The minimum atomic E-state index is -0.349. The number of Topliss-reactive ketones (excluding diaryl/α,β-unsaturated/α-hetero) is 1. The van der Waals surface area contributed by atoms with Crippen LogP contribution in [0.2, 0.25) is 0 Å². The maximum atomic E-state index is 13.8. The Hall–Kier alpha value is -3.25. The molecule has 2 aliphatic carbocycles. The zero-order valence-corrected chi connectivity index (χ0v) is 17.9. The maximum Gasteiger partial charge on any atom is 0.169 e. The third-order valence-corrected chi connectivity index (χ3v) is 7.09. The summed E-state index contributed by atoms with van der Waals surface area (Å²) in [5, 5.41) is 9.22. The van der Waals surface area contributed by atoms with Gasteiger partial charge in [-0.3, -0.25) is 9.79 Å². The van der Waals surface area contributed by atoms with E-state index in [0.717, 1.165) is 60.8 Å². The van der Waals surface area contributed by atoms with Gasteiger partial charge in [-0.15, -0.1) is 0 Å². The van der Waals surface area contributed by atoms with Crippen molar-refractivity contribution >= 4 is 12.0 Å². The fourth-order valence-corrected chi connectivity index (χ4v) is 5.33. The fraction of sp³-hybridized carbons (Fsp3) is 0.321. The second kappa shape index (κ2) is 7.78. The van der Waals surface area contributed by atoms with Crippen LogP contribution in [0.3, 0.4) is 0 Å². The van der Waals surface area contributed by atoms with Gasteiger partial charge < -0.3 is 0 Å². The van der Waals surface area contributed by atoms with E-state index in [0.29, 0.717) is 5.56 Å². The van der Waals surface area contributed by atoms with Crippen molar-refractivity contribution in [1.82, 2.24) is 0 Å². The van der Waals surface area contributed by atoms with E-state index < -0.39 is 0 Å². The second-order valence-electron chi connectivity index (χ2n) is 9.04. The normalized spacial score (nSPS) is 24.5. The molecular weight excluding hydrogens is 380 g/mol. The number of rotatable bonds is 2. The molecule has 31 heavy (non-hydrogen) atoms. The molecule has 1 heterocycles. The topological polar surface area (TPSA) is 53.2 Å². The van der Waals surface area contributed by atoms with Crippen LogP contribution >= 0.6 is 0 Å². The first kappa shape index (κ1) is 19.7. The van der Waals surface area contributed by atoms with Crippen molar-refractivity contribution in [3.8, 4) is 17.2 Å². The number of benzene rings is 2. The molecule has 0 bridgehead atoms. The van der Waals surface area contributed by atoms with Crippen LogP contribution in [0.5, 0.6) is 0 Å². The average Bonchev–Trinajstić information content (AvgIpc) is 2.94. The SMILES string of the molecule is CCC1C=CC2=C(C=N1)CC1(CCC2)Cc2ccc(-c3cccc(C#N)c3)cc2C1=O. The molecule has 2 aromatic carbocycles. The lowest BCUT2D eigenvalue weighted by Gasteiger charge is -2.26. The molecule has 2 atom stereocenters. The molecule has 0 amide bonds. The second-order valence-corrected chi connectivity index (χ2v) is 9.04. The van der Waals surface area contributed by atoms with Gasteiger partial charge in [0.25, 0.3) is 0 Å². The average molecular weight is 407 g/mol. The first-order valence-corrected chi connectivity index (χ1v) is 11.2. The number of hydrogen-bond donors (Lipinski definition) is 0. The Bertz CT molecular complexity index is 1190. The number of nitriles is 1. The predicted molar refractivity (Wildman–Crippen MR) is 124 cm³/mol. The Balaban J connectivity index is 1.49. The quantitative estimate of drug-likeness (QED) is 0.593. The molecule has 3 heteroatoms. The number of carbonyl (C=O) groups excluding carboxylic acids is 1. The highest BCUT2D eigenvalue weighted by Gasteiger charge is 2.46. The molecule has 5 rings (SSSR count). The monoisotopic (exact) mass is 406 g/mol. The Morgan fingerprint density at radius 1 is 1.13 bits per heavy atom. The van der Waals surface area contributed by atoms with Crippen LogP contribution < -0.4 is 0 Å². The molecule has 3 nitrogen and oxygen atoms in total. The van der Waals surface area contributed by atoms with E-state index in [9.17, 15) is 10.1 Å². The van der Waals surface area contributed by atoms with Gasteiger partial charge in [-0.2, -0.15) is 5.26 Å². The third-order valence-electron chi connectivity index (χ3n) is 7.09. The lowest BCUT2D eigenvalue weighted by atomic mass is 9.75. The standard InChI is InChI=1S/C28H26N2O/c1-2-25-11-10-20-7-4-12-28(16-24(20)18-30-25)15-23-9-8-22(14-26(23)27(28)31)21-6-3-5-19(13-21)17-29/h3,5-6,8-11,13-14,18,25H,2,4,7,12,15-16H2,1H3. The van der Waals surface area contributed by atoms with Crippen molar-refractivity contribution in [1.29, 1.82) is 5.26 Å². The summed E-state index contributed by atoms with van der Waals surface area (Å²) in [5.74, 6) is 0.281. The number of fused-ring (bicyclic) bond motifs is 1. The Morgan fingerprint density at radius 3 is 2.84 bits per heavy atom. The Labute approximate surface area is 183 Å². The summed E-state index contributed by atoms with van der Waals surface area (Å²) in [6.45, 7) is 2.16. The van der Waals surface area contributed by atoms with Crippen molar-refractivity contribution < 1.29 is 4.79 Å². The van der Waals surface area contributed by atoms with Crippen LogP contribution in [0.1, 0.15) is 60.5 Å². The number of aliphatic imine (C=N–C) groups is 1. The lowest BCUT2D eigenvalue weighted by Crippen LogP contribution is -2.28. The van der Waals surface area contributed by atoms with Gasteiger partial charge in [-0.1, -0.05) is 43.3 Å². The molecule has 2 aromatic rings. The highest BCUT2D eigenvalue weighted by Crippen LogP contribution is 2.48. The minimum Gasteiger partial charge on any atom is -0.294 e. The van der Waals surface area contributed by atoms with Crippen molar-refractivity contribution in [3.63, 3.8) is 0 Å². The first-order valence-electron chi connectivity index (χ1n) is 11.2. The van der Waals surface area contributed by atoms with Crippen LogP contribution in [-0.4, -0.2) is 18.0 Å². The van der Waals surface area contributed by atoms with Gasteiger partial charge in [0.1, 0.15) is 0 Å². The Kier molecular flexibility index (Phi) is 4.94. The molecule has 0 N–H and O–H groups in total. The molecule has 0 fully saturated rings. The third kappa shape index (κ3) is 3.47. The summed E-state index contributed by atoms with van der Waals surface area (Å²) < 4.78 is 0. The van der Waals surface area contributed by atoms with Crippen LogP contribution in [0.4, 0.5) is 0 Å². The van der Waals surface area contributed by atoms with Crippen LogP contribution in [-0.2, 0) is 6.42 Å². The summed E-state index contributed by atoms with van der Waals surface area (Å²) in [6, 6.07) is 16.3. The molecule has 1 aliphatic heterocycles. The molecule has 154 valence electrons. The molecule has 0 saturated carbocycles. The van der Waals surface area contributed by atoms with E-state index in [1.165, 1.54) is 11.1 Å². The molecule has 3 aliphatic rings. The maximum absolute atomic E-state index is 13.8. The summed E-state index contributed by atoms with van der Waals surface area (Å²) in [6.07, 6.45) is 12.1. The van der Waals surface area contributed by atoms with Crippen LogP contribution in [0, 0.1) is 16.7 Å². The minimum absolute atomic E-state index is 0.242. The van der Waals surface area contributed by atoms with Gasteiger partial charge in [0.05, 0.1) is 17.7 Å². The zero-order chi connectivity index (χ0) is 21.4. The van der Waals surface area contributed by atoms with Gasteiger partial charge >= 0.3 is 0 Å². The van der Waals surface area contributed by atoms with E-state index in [2.05, 4.69) is 37.3 Å². The number of hydrogen-bond acceptors (Lipinski definition) is 3. The van der Waals surface area contributed by atoms with Gasteiger partial charge in [0.15, 0.2) is 5.78 Å². The summed E-state index contributed by atoms with van der Waals surface area (Å²) >= 11 is 0. The van der Waals surface area contributed by atoms with Gasteiger partial charge in [0.2, 0.25) is 0 Å². The van der Waals surface area contributed by atoms with Crippen LogP contribution in [0.15, 0.2) is 70.8 Å². The van der Waals surface area contributed by atoms with Gasteiger partial charge in [0, 0.05) is 17.2 Å². The van der Waals surface area contributed by atoms with Crippen molar-refractivity contribution in [2.75, 3.05) is 0 Å². The molecular formula is C28H26N2O. The van der Waals surface area contributed by atoms with E-state index in [1.807, 2.05) is 30.5 Å². The van der Waals surface area contributed by atoms with Crippen molar-refractivity contribution in [2.24, 2.45) is 10.4 Å². The van der Waals surface area contributed by atoms with E-state index in [1.54, 1.807) is 6.07 Å². The zero-order valence-electron chi connectivity index (χ0n) is 17.9. The molecule has 0 radical (unpaired) electrons. The van der Waals surface area contributed by atoms with E-state index >= 15 is 0 Å². The largest absolute Gasteiger partial charge is 0.294 e. The first-order chi connectivity index (χ1) is 15.1. The molecule has 2 unspecified atom stereocenters. The summed E-state index contributed by atoms with van der Waals surface area (Å²) in [5.41, 5.74) is 6.88. The lowest BCUT2D eigenvalue weighted by molar-refractivity contribution is 0.0805. The fourth-order valence-electron chi connectivity index (χ4n) is 5.33. The van der Waals surface area contributed by atoms with Gasteiger partial charge in [-0.25, -0.2) is 0 Å². The molecule has 0 aromatic heterocycles. The number of allylic oxidation sites excluding steroid dienone is 3. The number of ketones is 1. The summed E-state index contributed by atoms with van der Waals surface area (Å²) in [4.78, 5) is 18.5. The van der Waals surface area contributed by atoms with Crippen molar-refractivity contribution in [3.05, 3.63) is 82.5 Å². The highest BCUT2D eigenvalue weighted by molar-refractivity contribution is 6.06. The smallest absolute Gasteiger partial charge is 0.169 e. The van der Waals surface area contributed by atoms with E-state index in [4.69, 9.17) is 4.99 Å². The Morgan fingerprint density at radius 2 is 2.00 bits per heavy atom. The van der Waals surface area contributed by atoms with Gasteiger partial charge in [-0.05, 0) is 84.6 Å². The molecule has 1 spiro atoms. The molecule has 0 saturated heterocycles. The van der Waals surface area contributed by atoms with Crippen LogP contribution in [0.25, 0.3) is 11.1 Å². The summed E-state index contributed by atoms with van der Waals surface area (Å²) in [7, 11) is 0. The highest BCUT2D eigenvalue weighted by atomic mass is 16.1. The number of nitrogens with zero attached hydrogens (tertiary/aromatic N) is 2. The number of carbonyl (C=O) groups is 1. The van der Waals surface area contributed by atoms with Crippen molar-refractivity contribution in [2.45, 2.75) is 51.5 Å². The predicted octanol–water partition coefficient (Wildman–Crippen LogP) is 6.24. The van der Waals surface area contributed by atoms with E-state index in [-0.39, 0.29) is 17.2 Å².